The van der Waals surface area contributed by atoms with E-state index in [-0.39, 0.29) is 42.4 Å². The molecule has 3 saturated heterocycles. The number of hydrogen-bond donors (Lipinski definition) is 1. The summed E-state index contributed by atoms with van der Waals surface area (Å²) in [5.74, 6) is -0.244. The van der Waals surface area contributed by atoms with Crippen LogP contribution in [0.5, 0.6) is 0 Å². The van der Waals surface area contributed by atoms with Gasteiger partial charge in [-0.05, 0) is 36.8 Å². The predicted octanol–water partition coefficient (Wildman–Crippen LogP) is 2.50. The fourth-order valence-electron chi connectivity index (χ4n) is 6.32. The molecule has 3 fully saturated rings. The summed E-state index contributed by atoms with van der Waals surface area (Å²) in [5, 5.41) is 9.73. The van der Waals surface area contributed by atoms with Gasteiger partial charge < -0.3 is 20.3 Å². The van der Waals surface area contributed by atoms with Gasteiger partial charge in [-0.2, -0.15) is 5.26 Å². The topological polar surface area (TPSA) is 103 Å². The van der Waals surface area contributed by atoms with E-state index in [1.807, 2.05) is 41.3 Å². The maximum atomic E-state index is 14.1. The standard InChI is InChI=1S/C30H37N5O3/c31-15-13-26(29(36)34-17-18-38-21-28(34)23-9-5-2-6-10-23)33-16-14-25(12-11-22-7-3-1-4-8-22)35-20-24(32)19-27(35)30(33)37/h1-10,24-28H,11-14,16-21,32H2/t24?,25?,26-,27+,28+/m1/s1. The van der Waals surface area contributed by atoms with Crippen molar-refractivity contribution in [3.8, 4) is 6.07 Å². The molecule has 5 atom stereocenters. The molecule has 2 aromatic carbocycles. The smallest absolute Gasteiger partial charge is 0.247 e. The van der Waals surface area contributed by atoms with Gasteiger partial charge in [0, 0.05) is 31.7 Å². The van der Waals surface area contributed by atoms with E-state index in [0.717, 1.165) is 24.8 Å². The molecule has 2 unspecified atom stereocenters. The highest BCUT2D eigenvalue weighted by Crippen LogP contribution is 2.32. The van der Waals surface area contributed by atoms with Crippen LogP contribution in [0.3, 0.4) is 0 Å². The second-order valence-electron chi connectivity index (χ2n) is 10.6. The molecule has 2 N–H and O–H groups in total. The third-order valence-corrected chi connectivity index (χ3v) is 8.26. The second kappa shape index (κ2) is 12.1. The van der Waals surface area contributed by atoms with Crippen LogP contribution in [0.4, 0.5) is 0 Å². The first kappa shape index (κ1) is 26.4. The predicted molar refractivity (Wildman–Crippen MR) is 144 cm³/mol. The number of nitrogens with zero attached hydrogens (tertiary/aromatic N) is 4. The van der Waals surface area contributed by atoms with Crippen LogP contribution in [-0.4, -0.2) is 83.5 Å². The van der Waals surface area contributed by atoms with Crippen molar-refractivity contribution in [2.24, 2.45) is 5.73 Å². The van der Waals surface area contributed by atoms with Crippen LogP contribution < -0.4 is 5.73 Å². The zero-order chi connectivity index (χ0) is 26.5. The molecule has 3 aliphatic rings. The van der Waals surface area contributed by atoms with E-state index < -0.39 is 6.04 Å². The van der Waals surface area contributed by atoms with E-state index in [9.17, 15) is 14.9 Å². The summed E-state index contributed by atoms with van der Waals surface area (Å²) >= 11 is 0. The number of nitrogens with two attached hydrogens (primary N) is 1. The number of aryl methyl sites for hydroxylation is 1. The minimum atomic E-state index is -0.816. The second-order valence-corrected chi connectivity index (χ2v) is 10.6. The highest BCUT2D eigenvalue weighted by molar-refractivity contribution is 5.91. The van der Waals surface area contributed by atoms with Crippen molar-refractivity contribution in [3.63, 3.8) is 0 Å². The number of fused-ring (bicyclic) bond motifs is 1. The van der Waals surface area contributed by atoms with Crippen molar-refractivity contribution in [1.82, 2.24) is 14.7 Å². The first-order valence-corrected chi connectivity index (χ1v) is 13.7. The number of ether oxygens (including phenoxy) is 1. The first-order chi connectivity index (χ1) is 18.6. The number of nitriles is 1. The van der Waals surface area contributed by atoms with Gasteiger partial charge in [-0.15, -0.1) is 0 Å². The molecule has 8 nitrogen and oxygen atoms in total. The number of hydrogen-bond acceptors (Lipinski definition) is 6. The Morgan fingerprint density at radius 2 is 1.82 bits per heavy atom. The van der Waals surface area contributed by atoms with E-state index in [0.29, 0.717) is 39.3 Å². The van der Waals surface area contributed by atoms with Crippen LogP contribution >= 0.6 is 0 Å². The average molecular weight is 516 g/mol. The maximum Gasteiger partial charge on any atom is 0.247 e. The number of benzene rings is 2. The fraction of sp³-hybridized carbons (Fsp3) is 0.500. The fourth-order valence-corrected chi connectivity index (χ4v) is 6.32. The van der Waals surface area contributed by atoms with Gasteiger partial charge in [0.25, 0.3) is 0 Å². The van der Waals surface area contributed by atoms with E-state index in [2.05, 4.69) is 35.2 Å². The van der Waals surface area contributed by atoms with E-state index >= 15 is 0 Å². The molecule has 0 radical (unpaired) electrons. The van der Waals surface area contributed by atoms with Crippen LogP contribution in [-0.2, 0) is 20.7 Å². The molecule has 0 bridgehead atoms. The van der Waals surface area contributed by atoms with Crippen molar-refractivity contribution in [2.75, 3.05) is 32.8 Å². The summed E-state index contributed by atoms with van der Waals surface area (Å²) in [5.41, 5.74) is 8.63. The molecule has 5 rings (SSSR count). The Morgan fingerprint density at radius 3 is 2.55 bits per heavy atom. The number of morpholine rings is 1. The van der Waals surface area contributed by atoms with Gasteiger partial charge in [-0.25, -0.2) is 0 Å². The molecule has 0 spiro atoms. The van der Waals surface area contributed by atoms with Crippen LogP contribution in [0.15, 0.2) is 60.7 Å². The van der Waals surface area contributed by atoms with Crippen molar-refractivity contribution >= 4 is 11.8 Å². The molecular formula is C30H37N5O3. The van der Waals surface area contributed by atoms with Gasteiger partial charge in [0.1, 0.15) is 6.04 Å². The van der Waals surface area contributed by atoms with Gasteiger partial charge in [0.15, 0.2) is 0 Å². The molecule has 8 heteroatoms. The Morgan fingerprint density at radius 1 is 1.08 bits per heavy atom. The van der Waals surface area contributed by atoms with Crippen molar-refractivity contribution < 1.29 is 14.3 Å². The van der Waals surface area contributed by atoms with E-state index in [1.165, 1.54) is 5.56 Å². The molecule has 3 heterocycles. The SMILES string of the molecule is N#CC[C@H](C(=O)N1CCOC[C@H]1c1ccccc1)N1CCC(CCc2ccccc2)N2CC(N)C[C@H]2C1=O. The Balaban J connectivity index is 1.38. The lowest BCUT2D eigenvalue weighted by Gasteiger charge is -2.40. The summed E-state index contributed by atoms with van der Waals surface area (Å²) < 4.78 is 5.73. The maximum absolute atomic E-state index is 14.1. The van der Waals surface area contributed by atoms with Gasteiger partial charge >= 0.3 is 0 Å². The monoisotopic (exact) mass is 515 g/mol. The highest BCUT2D eigenvalue weighted by atomic mass is 16.5. The first-order valence-electron chi connectivity index (χ1n) is 13.7. The number of carbonyl (C=O) groups is 2. The molecule has 200 valence electrons. The Kier molecular flexibility index (Phi) is 8.38. The zero-order valence-corrected chi connectivity index (χ0v) is 21.8. The van der Waals surface area contributed by atoms with E-state index in [1.54, 1.807) is 4.90 Å². The van der Waals surface area contributed by atoms with Crippen molar-refractivity contribution in [1.29, 1.82) is 5.26 Å². The van der Waals surface area contributed by atoms with Gasteiger partial charge in [0.05, 0.1) is 37.8 Å². The summed E-state index contributed by atoms with van der Waals surface area (Å²) in [4.78, 5) is 33.8. The average Bonchev–Trinajstić information content (AvgIpc) is 3.30. The lowest BCUT2D eigenvalue weighted by Crippen LogP contribution is -2.56. The minimum Gasteiger partial charge on any atom is -0.377 e. The molecule has 0 aliphatic carbocycles. The van der Waals surface area contributed by atoms with Crippen LogP contribution in [0.1, 0.15) is 42.9 Å². The molecule has 2 aromatic rings. The number of carbonyl (C=O) groups excluding carboxylic acids is 2. The Labute approximate surface area is 224 Å². The van der Waals surface area contributed by atoms with Gasteiger partial charge in [0.2, 0.25) is 11.8 Å². The summed E-state index contributed by atoms with van der Waals surface area (Å²) in [6.07, 6.45) is 3.14. The lowest BCUT2D eigenvalue weighted by molar-refractivity contribution is -0.152. The lowest BCUT2D eigenvalue weighted by atomic mass is 10.0. The van der Waals surface area contributed by atoms with Crippen LogP contribution in [0.25, 0.3) is 0 Å². The largest absolute Gasteiger partial charge is 0.377 e. The number of amides is 2. The van der Waals surface area contributed by atoms with Crippen LogP contribution in [0, 0.1) is 11.3 Å². The molecule has 38 heavy (non-hydrogen) atoms. The van der Waals surface area contributed by atoms with Gasteiger partial charge in [-0.3, -0.25) is 14.5 Å². The molecular weight excluding hydrogens is 478 g/mol. The number of rotatable bonds is 7. The molecule has 2 amide bonds. The van der Waals surface area contributed by atoms with Crippen LogP contribution in [0.2, 0.25) is 0 Å². The minimum absolute atomic E-state index is 0.0309. The highest BCUT2D eigenvalue weighted by Gasteiger charge is 2.46. The quantitative estimate of drug-likeness (QED) is 0.608. The Bertz CT molecular complexity index is 1140. The summed E-state index contributed by atoms with van der Waals surface area (Å²) in [6, 6.07) is 21.1. The third kappa shape index (κ3) is 5.60. The third-order valence-electron chi connectivity index (χ3n) is 8.26. The summed E-state index contributed by atoms with van der Waals surface area (Å²) in [6.45, 7) is 2.41. The normalized spacial score (nSPS) is 26.9. The molecule has 0 aromatic heterocycles. The summed E-state index contributed by atoms with van der Waals surface area (Å²) in [7, 11) is 0. The van der Waals surface area contributed by atoms with Crippen molar-refractivity contribution in [2.45, 2.75) is 62.3 Å². The molecule has 3 aliphatic heterocycles. The van der Waals surface area contributed by atoms with Crippen molar-refractivity contribution in [3.05, 3.63) is 71.8 Å². The zero-order valence-electron chi connectivity index (χ0n) is 21.8. The Hall–Kier alpha value is -3.25. The molecule has 0 saturated carbocycles. The van der Waals surface area contributed by atoms with E-state index in [4.69, 9.17) is 10.5 Å². The van der Waals surface area contributed by atoms with Gasteiger partial charge in [-0.1, -0.05) is 60.7 Å².